The molecule has 0 bridgehead atoms. The second kappa shape index (κ2) is 8.56. The standard InChI is InChI=1S/C19H20FN3OS.ClH/c1-19(9-10-25-18(21)23-19)15-4-2-3-13(11-15)12-22-17(24)14-5-7-16(20)8-6-14;/h2-8,11H,9-10,12H2,1H3,(H2,21,23)(H,22,24);1H. The van der Waals surface area contributed by atoms with Gasteiger partial charge in [0.1, 0.15) is 5.82 Å². The molecule has 2 aromatic rings. The Morgan fingerprint density at radius 3 is 2.73 bits per heavy atom. The Labute approximate surface area is 162 Å². The zero-order chi connectivity index (χ0) is 17.9. The van der Waals surface area contributed by atoms with Crippen molar-refractivity contribution in [2.45, 2.75) is 25.4 Å². The molecule has 1 atom stereocenters. The van der Waals surface area contributed by atoms with Crippen LogP contribution in [0.2, 0.25) is 0 Å². The van der Waals surface area contributed by atoms with Crippen LogP contribution in [0.25, 0.3) is 0 Å². The molecule has 4 nitrogen and oxygen atoms in total. The van der Waals surface area contributed by atoms with Crippen LogP contribution >= 0.6 is 24.2 Å². The molecule has 0 fully saturated rings. The molecule has 1 amide bonds. The minimum Gasteiger partial charge on any atom is -0.379 e. The third-order valence-electron chi connectivity index (χ3n) is 4.30. The molecule has 2 aromatic carbocycles. The summed E-state index contributed by atoms with van der Waals surface area (Å²) < 4.78 is 12.9. The molecule has 1 unspecified atom stereocenters. The van der Waals surface area contributed by atoms with Crippen molar-refractivity contribution in [2.24, 2.45) is 10.7 Å². The molecule has 138 valence electrons. The first-order valence-corrected chi connectivity index (χ1v) is 9.06. The maximum atomic E-state index is 12.9. The molecule has 1 aliphatic rings. The Morgan fingerprint density at radius 2 is 2.04 bits per heavy atom. The van der Waals surface area contributed by atoms with E-state index in [4.69, 9.17) is 5.73 Å². The van der Waals surface area contributed by atoms with E-state index in [-0.39, 0.29) is 29.7 Å². The lowest BCUT2D eigenvalue weighted by atomic mass is 9.89. The van der Waals surface area contributed by atoms with E-state index in [0.717, 1.165) is 23.3 Å². The van der Waals surface area contributed by atoms with Crippen molar-refractivity contribution in [3.05, 3.63) is 71.0 Å². The molecule has 1 heterocycles. The number of benzene rings is 2. The van der Waals surface area contributed by atoms with Crippen molar-refractivity contribution in [3.63, 3.8) is 0 Å². The molecule has 0 aliphatic carbocycles. The van der Waals surface area contributed by atoms with Crippen LogP contribution in [-0.2, 0) is 12.1 Å². The summed E-state index contributed by atoms with van der Waals surface area (Å²) >= 11 is 1.58. The zero-order valence-electron chi connectivity index (χ0n) is 14.4. The van der Waals surface area contributed by atoms with Gasteiger partial charge < -0.3 is 11.1 Å². The summed E-state index contributed by atoms with van der Waals surface area (Å²) in [5.41, 5.74) is 8.07. The number of carbonyl (C=O) groups excluding carboxylic acids is 1. The first kappa shape index (κ1) is 20.3. The van der Waals surface area contributed by atoms with Crippen LogP contribution in [0.15, 0.2) is 53.5 Å². The summed E-state index contributed by atoms with van der Waals surface area (Å²) in [6.07, 6.45) is 0.920. The number of amidine groups is 1. The maximum Gasteiger partial charge on any atom is 0.251 e. The van der Waals surface area contributed by atoms with Gasteiger partial charge in [-0.15, -0.1) is 12.4 Å². The largest absolute Gasteiger partial charge is 0.379 e. The average Bonchev–Trinajstić information content (AvgIpc) is 2.60. The van der Waals surface area contributed by atoms with Gasteiger partial charge in [0.2, 0.25) is 0 Å². The van der Waals surface area contributed by atoms with E-state index in [9.17, 15) is 9.18 Å². The summed E-state index contributed by atoms with van der Waals surface area (Å²) in [5.74, 6) is 0.355. The highest BCUT2D eigenvalue weighted by molar-refractivity contribution is 8.13. The van der Waals surface area contributed by atoms with Crippen LogP contribution in [0.1, 0.15) is 34.8 Å². The monoisotopic (exact) mass is 393 g/mol. The molecular weight excluding hydrogens is 373 g/mol. The van der Waals surface area contributed by atoms with Crippen LogP contribution in [0, 0.1) is 5.82 Å². The third kappa shape index (κ3) is 4.77. The lowest BCUT2D eigenvalue weighted by molar-refractivity contribution is 0.0951. The summed E-state index contributed by atoms with van der Waals surface area (Å²) in [6.45, 7) is 2.48. The SMILES string of the molecule is CC1(c2cccc(CNC(=O)c3ccc(F)cc3)c2)CCSC(N)=N1.Cl. The van der Waals surface area contributed by atoms with Gasteiger partial charge in [-0.3, -0.25) is 9.79 Å². The normalized spacial score (nSPS) is 19.2. The Balaban J connectivity index is 0.00000243. The summed E-state index contributed by atoms with van der Waals surface area (Å²) in [7, 11) is 0. The van der Waals surface area contributed by atoms with E-state index in [0.29, 0.717) is 17.3 Å². The van der Waals surface area contributed by atoms with Crippen LogP contribution in [0.3, 0.4) is 0 Å². The first-order valence-electron chi connectivity index (χ1n) is 8.08. The van der Waals surface area contributed by atoms with Crippen molar-refractivity contribution < 1.29 is 9.18 Å². The van der Waals surface area contributed by atoms with Gasteiger partial charge in [0.05, 0.1) is 5.54 Å². The number of nitrogens with two attached hydrogens (primary N) is 1. The van der Waals surface area contributed by atoms with Crippen molar-refractivity contribution in [1.29, 1.82) is 0 Å². The highest BCUT2D eigenvalue weighted by atomic mass is 35.5. The fraction of sp³-hybridized carbons (Fsp3) is 0.263. The lowest BCUT2D eigenvalue weighted by Gasteiger charge is -2.30. The fourth-order valence-corrected chi connectivity index (χ4v) is 3.77. The quantitative estimate of drug-likeness (QED) is 0.829. The van der Waals surface area contributed by atoms with Gasteiger partial charge in [0.25, 0.3) is 5.91 Å². The van der Waals surface area contributed by atoms with Gasteiger partial charge in [-0.1, -0.05) is 36.0 Å². The molecule has 0 saturated heterocycles. The number of hydrogen-bond acceptors (Lipinski definition) is 4. The summed E-state index contributed by atoms with van der Waals surface area (Å²) in [5, 5.41) is 3.47. The smallest absolute Gasteiger partial charge is 0.251 e. The van der Waals surface area contributed by atoms with Crippen LogP contribution < -0.4 is 11.1 Å². The molecule has 3 N–H and O–H groups in total. The van der Waals surface area contributed by atoms with Crippen molar-refractivity contribution >= 4 is 35.2 Å². The maximum absolute atomic E-state index is 12.9. The molecule has 7 heteroatoms. The molecule has 26 heavy (non-hydrogen) atoms. The van der Waals surface area contributed by atoms with Gasteiger partial charge in [-0.2, -0.15) is 0 Å². The number of hydrogen-bond donors (Lipinski definition) is 2. The summed E-state index contributed by atoms with van der Waals surface area (Å²) in [6, 6.07) is 13.5. The molecule has 0 saturated carbocycles. The van der Waals surface area contributed by atoms with Crippen LogP contribution in [-0.4, -0.2) is 16.8 Å². The van der Waals surface area contributed by atoms with Crippen molar-refractivity contribution in [3.8, 4) is 0 Å². The van der Waals surface area contributed by atoms with Gasteiger partial charge in [0.15, 0.2) is 5.17 Å². The minimum absolute atomic E-state index is 0. The Kier molecular flexibility index (Phi) is 6.67. The first-order chi connectivity index (χ1) is 12.0. The number of aliphatic imine (C=N–C) groups is 1. The molecule has 0 radical (unpaired) electrons. The molecule has 0 aromatic heterocycles. The minimum atomic E-state index is -0.358. The topological polar surface area (TPSA) is 67.5 Å². The van der Waals surface area contributed by atoms with E-state index in [1.165, 1.54) is 24.3 Å². The number of nitrogens with zero attached hydrogens (tertiary/aromatic N) is 1. The van der Waals surface area contributed by atoms with E-state index in [1.54, 1.807) is 11.8 Å². The van der Waals surface area contributed by atoms with Crippen molar-refractivity contribution in [1.82, 2.24) is 5.32 Å². The number of nitrogens with one attached hydrogen (secondary N) is 1. The van der Waals surface area contributed by atoms with Gasteiger partial charge in [-0.05, 0) is 48.7 Å². The van der Waals surface area contributed by atoms with Crippen LogP contribution in [0.5, 0.6) is 0 Å². The highest BCUT2D eigenvalue weighted by Crippen LogP contribution is 2.35. The van der Waals surface area contributed by atoms with Gasteiger partial charge >= 0.3 is 0 Å². The number of halogens is 2. The Bertz CT molecular complexity index is 813. The average molecular weight is 394 g/mol. The van der Waals surface area contributed by atoms with E-state index in [1.807, 2.05) is 18.2 Å². The van der Waals surface area contributed by atoms with Gasteiger partial charge in [0, 0.05) is 17.9 Å². The molecule has 0 spiro atoms. The van der Waals surface area contributed by atoms with Crippen LogP contribution in [0.4, 0.5) is 4.39 Å². The summed E-state index contributed by atoms with van der Waals surface area (Å²) in [4.78, 5) is 16.8. The van der Waals surface area contributed by atoms with Gasteiger partial charge in [-0.25, -0.2) is 4.39 Å². The number of thioether (sulfide) groups is 1. The van der Waals surface area contributed by atoms with E-state index >= 15 is 0 Å². The number of carbonyl (C=O) groups is 1. The fourth-order valence-electron chi connectivity index (χ4n) is 2.80. The number of amides is 1. The molecule has 3 rings (SSSR count). The third-order valence-corrected chi connectivity index (χ3v) is 5.10. The van der Waals surface area contributed by atoms with Crippen molar-refractivity contribution in [2.75, 3.05) is 5.75 Å². The lowest BCUT2D eigenvalue weighted by Crippen LogP contribution is -2.29. The predicted octanol–water partition coefficient (Wildman–Crippen LogP) is 3.84. The highest BCUT2D eigenvalue weighted by Gasteiger charge is 2.29. The van der Waals surface area contributed by atoms with E-state index < -0.39 is 0 Å². The zero-order valence-corrected chi connectivity index (χ0v) is 16.0. The second-order valence-corrected chi connectivity index (χ2v) is 7.33. The Morgan fingerprint density at radius 1 is 1.31 bits per heavy atom. The predicted molar refractivity (Wildman–Crippen MR) is 107 cm³/mol. The van der Waals surface area contributed by atoms with E-state index in [2.05, 4.69) is 23.3 Å². The number of rotatable bonds is 4. The molecular formula is C19H21ClFN3OS. The molecule has 1 aliphatic heterocycles. The Hall–Kier alpha value is -2.05. The second-order valence-electron chi connectivity index (χ2n) is 6.21.